The van der Waals surface area contributed by atoms with Crippen LogP contribution < -0.4 is 4.74 Å². The van der Waals surface area contributed by atoms with Gasteiger partial charge in [0, 0.05) is 42.0 Å². The molecule has 27 heavy (non-hydrogen) atoms. The molecule has 0 fully saturated rings. The van der Waals surface area contributed by atoms with Gasteiger partial charge in [-0.15, -0.1) is 0 Å². The summed E-state index contributed by atoms with van der Waals surface area (Å²) in [6.07, 6.45) is 0.941. The Balaban J connectivity index is 1.98. The van der Waals surface area contributed by atoms with Gasteiger partial charge in [0.15, 0.2) is 6.61 Å². The molecular formula is C19H22N2O6. The van der Waals surface area contributed by atoms with E-state index in [2.05, 4.69) is 4.74 Å². The molecule has 1 aromatic carbocycles. The minimum absolute atomic E-state index is 0.0378. The molecule has 0 aliphatic carbocycles. The Labute approximate surface area is 156 Å². The van der Waals surface area contributed by atoms with Gasteiger partial charge in [-0.05, 0) is 38.5 Å². The Morgan fingerprint density at radius 2 is 1.85 bits per heavy atom. The van der Waals surface area contributed by atoms with Crippen molar-refractivity contribution in [3.05, 3.63) is 57.4 Å². The van der Waals surface area contributed by atoms with E-state index < -0.39 is 4.92 Å². The number of nitro benzene ring substituents is 1. The summed E-state index contributed by atoms with van der Waals surface area (Å²) in [5.74, 6) is -0.0493. The second-order valence-corrected chi connectivity index (χ2v) is 6.08. The first-order chi connectivity index (χ1) is 12.8. The fraction of sp³-hybridized carbons (Fsp3) is 0.368. The van der Waals surface area contributed by atoms with Crippen molar-refractivity contribution in [1.29, 1.82) is 0 Å². The van der Waals surface area contributed by atoms with Gasteiger partial charge in [-0.25, -0.2) is 0 Å². The molecule has 0 bridgehead atoms. The molecule has 0 aliphatic heterocycles. The molecule has 144 valence electrons. The van der Waals surface area contributed by atoms with Crippen molar-refractivity contribution in [2.45, 2.75) is 33.2 Å². The van der Waals surface area contributed by atoms with Crippen LogP contribution in [0.2, 0.25) is 0 Å². The lowest BCUT2D eigenvalue weighted by Gasteiger charge is -2.09. The highest BCUT2D eigenvalue weighted by molar-refractivity contribution is 5.98. The zero-order chi connectivity index (χ0) is 20.0. The normalized spacial score (nSPS) is 10.5. The van der Waals surface area contributed by atoms with E-state index in [9.17, 15) is 19.7 Å². The first kappa shape index (κ1) is 20.2. The Morgan fingerprint density at radius 3 is 2.44 bits per heavy atom. The van der Waals surface area contributed by atoms with Crippen molar-refractivity contribution in [3.63, 3.8) is 0 Å². The number of non-ortho nitro benzene ring substituents is 1. The first-order valence-corrected chi connectivity index (χ1v) is 8.47. The van der Waals surface area contributed by atoms with E-state index in [1.807, 2.05) is 18.4 Å². The number of ketones is 1. The van der Waals surface area contributed by atoms with Crippen molar-refractivity contribution >= 4 is 17.4 Å². The van der Waals surface area contributed by atoms with Crippen LogP contribution in [-0.2, 0) is 16.1 Å². The van der Waals surface area contributed by atoms with E-state index in [-0.39, 0.29) is 24.0 Å². The number of hydrogen-bond acceptors (Lipinski definition) is 6. The van der Waals surface area contributed by atoms with Crippen molar-refractivity contribution in [3.8, 4) is 5.75 Å². The molecule has 1 aromatic heterocycles. The highest BCUT2D eigenvalue weighted by atomic mass is 16.6. The van der Waals surface area contributed by atoms with E-state index >= 15 is 0 Å². The van der Waals surface area contributed by atoms with Crippen molar-refractivity contribution in [2.75, 3.05) is 13.7 Å². The molecule has 0 saturated heterocycles. The lowest BCUT2D eigenvalue weighted by molar-refractivity contribution is -0.384. The number of benzene rings is 1. The van der Waals surface area contributed by atoms with Crippen LogP contribution in [-0.4, -0.2) is 35.0 Å². The maximum Gasteiger partial charge on any atom is 0.305 e. The second kappa shape index (κ2) is 8.98. The quantitative estimate of drug-likeness (QED) is 0.289. The van der Waals surface area contributed by atoms with Crippen LogP contribution in [0.3, 0.4) is 0 Å². The number of hydrogen-bond donors (Lipinski definition) is 0. The standard InChI is InChI=1S/C19H22N2O6/c1-13-11-17(14(2)20(13)10-4-5-19(23)26-3)18(22)12-27-16-8-6-15(7-9-16)21(24)25/h6-9,11H,4-5,10,12H2,1-3H3. The largest absolute Gasteiger partial charge is 0.485 e. The zero-order valence-electron chi connectivity index (χ0n) is 15.6. The number of aromatic nitrogens is 1. The van der Waals surface area contributed by atoms with Gasteiger partial charge in [-0.2, -0.15) is 0 Å². The number of carbonyl (C=O) groups excluding carboxylic acids is 2. The van der Waals surface area contributed by atoms with E-state index in [0.717, 1.165) is 11.4 Å². The molecule has 0 atom stereocenters. The summed E-state index contributed by atoms with van der Waals surface area (Å²) in [6.45, 7) is 4.21. The Kier molecular flexibility index (Phi) is 6.70. The molecule has 0 spiro atoms. The van der Waals surface area contributed by atoms with Crippen molar-refractivity contribution < 1.29 is 24.0 Å². The van der Waals surface area contributed by atoms with Crippen LogP contribution in [0.5, 0.6) is 5.75 Å². The van der Waals surface area contributed by atoms with Crippen LogP contribution in [0.1, 0.15) is 34.6 Å². The van der Waals surface area contributed by atoms with E-state index in [1.165, 1.54) is 31.4 Å². The van der Waals surface area contributed by atoms with Crippen LogP contribution in [0.4, 0.5) is 5.69 Å². The third-order valence-electron chi connectivity index (χ3n) is 4.28. The predicted molar refractivity (Wildman–Crippen MR) is 98.1 cm³/mol. The summed E-state index contributed by atoms with van der Waals surface area (Å²) in [5, 5.41) is 10.6. The van der Waals surface area contributed by atoms with Crippen LogP contribution in [0.15, 0.2) is 30.3 Å². The summed E-state index contributed by atoms with van der Waals surface area (Å²) < 4.78 is 12.1. The fourth-order valence-corrected chi connectivity index (χ4v) is 2.80. The molecule has 8 heteroatoms. The highest BCUT2D eigenvalue weighted by Crippen LogP contribution is 2.20. The summed E-state index contributed by atoms with van der Waals surface area (Å²) >= 11 is 0. The fourth-order valence-electron chi connectivity index (χ4n) is 2.80. The number of nitro groups is 1. The molecule has 0 amide bonds. The number of methoxy groups -OCH3 is 1. The number of esters is 1. The molecule has 2 aromatic rings. The van der Waals surface area contributed by atoms with Gasteiger partial charge >= 0.3 is 5.97 Å². The number of carbonyl (C=O) groups is 2. The maximum absolute atomic E-state index is 12.5. The molecule has 0 radical (unpaired) electrons. The minimum Gasteiger partial charge on any atom is -0.485 e. The number of Topliss-reactive ketones (excluding diaryl/α,β-unsaturated/α-hetero) is 1. The number of nitrogens with zero attached hydrogens (tertiary/aromatic N) is 2. The summed E-state index contributed by atoms with van der Waals surface area (Å²) in [5.41, 5.74) is 2.27. The van der Waals surface area contributed by atoms with Crippen molar-refractivity contribution in [1.82, 2.24) is 4.57 Å². The van der Waals surface area contributed by atoms with Crippen LogP contribution >= 0.6 is 0 Å². The molecule has 8 nitrogen and oxygen atoms in total. The van der Waals surface area contributed by atoms with Gasteiger partial charge in [-0.1, -0.05) is 0 Å². The second-order valence-electron chi connectivity index (χ2n) is 6.08. The van der Waals surface area contributed by atoms with Crippen LogP contribution in [0, 0.1) is 24.0 Å². The highest BCUT2D eigenvalue weighted by Gasteiger charge is 2.16. The van der Waals surface area contributed by atoms with Gasteiger partial charge in [0.25, 0.3) is 5.69 Å². The molecule has 0 N–H and O–H groups in total. The predicted octanol–water partition coefficient (Wildman–Crippen LogP) is 3.23. The average Bonchev–Trinajstić information content (AvgIpc) is 2.94. The summed E-state index contributed by atoms with van der Waals surface area (Å²) in [4.78, 5) is 33.9. The Bertz CT molecular complexity index is 839. The third-order valence-corrected chi connectivity index (χ3v) is 4.28. The molecule has 0 aliphatic rings. The van der Waals surface area contributed by atoms with E-state index in [4.69, 9.17) is 4.74 Å². The smallest absolute Gasteiger partial charge is 0.305 e. The third kappa shape index (κ3) is 5.16. The van der Waals surface area contributed by atoms with Gasteiger partial charge < -0.3 is 14.0 Å². The van der Waals surface area contributed by atoms with Gasteiger partial charge in [0.1, 0.15) is 5.75 Å². The van der Waals surface area contributed by atoms with E-state index in [1.54, 1.807) is 6.07 Å². The summed E-state index contributed by atoms with van der Waals surface area (Å²) in [7, 11) is 1.36. The zero-order valence-corrected chi connectivity index (χ0v) is 15.6. The molecule has 1 heterocycles. The Morgan fingerprint density at radius 1 is 1.19 bits per heavy atom. The average molecular weight is 374 g/mol. The Hall–Kier alpha value is -3.16. The summed E-state index contributed by atoms with van der Waals surface area (Å²) in [6, 6.07) is 7.37. The molecular weight excluding hydrogens is 352 g/mol. The lowest BCUT2D eigenvalue weighted by atomic mass is 10.1. The van der Waals surface area contributed by atoms with E-state index in [0.29, 0.717) is 30.7 Å². The van der Waals surface area contributed by atoms with Crippen molar-refractivity contribution in [2.24, 2.45) is 0 Å². The molecule has 0 saturated carbocycles. The minimum atomic E-state index is -0.496. The van der Waals surface area contributed by atoms with Crippen LogP contribution in [0.25, 0.3) is 0 Å². The molecule has 2 rings (SSSR count). The SMILES string of the molecule is COC(=O)CCCn1c(C)cc(C(=O)COc2ccc([N+](=O)[O-])cc2)c1C. The number of aryl methyl sites for hydroxylation is 1. The van der Waals surface area contributed by atoms with Gasteiger partial charge in [0.05, 0.1) is 12.0 Å². The topological polar surface area (TPSA) is 101 Å². The first-order valence-electron chi connectivity index (χ1n) is 8.47. The maximum atomic E-state index is 12.5. The monoisotopic (exact) mass is 374 g/mol. The van der Waals surface area contributed by atoms with Gasteiger partial charge in [0.2, 0.25) is 5.78 Å². The molecule has 0 unspecified atom stereocenters. The lowest BCUT2D eigenvalue weighted by Crippen LogP contribution is -2.13. The number of ether oxygens (including phenoxy) is 2. The number of rotatable bonds is 9. The van der Waals surface area contributed by atoms with Gasteiger partial charge in [-0.3, -0.25) is 19.7 Å².